The van der Waals surface area contributed by atoms with Crippen LogP contribution in [-0.4, -0.2) is 24.5 Å². The van der Waals surface area contributed by atoms with Gasteiger partial charge in [-0.2, -0.15) is 0 Å². The third-order valence-electron chi connectivity index (χ3n) is 4.99. The molecule has 0 spiro atoms. The summed E-state index contributed by atoms with van der Waals surface area (Å²) in [5.41, 5.74) is -0.466. The maximum atomic E-state index is 12.1. The van der Waals surface area contributed by atoms with Crippen molar-refractivity contribution in [2.45, 2.75) is 58.0 Å². The molecule has 4 unspecified atom stereocenters. The van der Waals surface area contributed by atoms with Crippen LogP contribution >= 0.6 is 0 Å². The van der Waals surface area contributed by atoms with Gasteiger partial charge in [0.05, 0.1) is 5.54 Å². The van der Waals surface area contributed by atoms with Gasteiger partial charge in [0.25, 0.3) is 0 Å². The summed E-state index contributed by atoms with van der Waals surface area (Å²) in [6.07, 6.45) is 5.53. The highest BCUT2D eigenvalue weighted by Crippen LogP contribution is 2.49. The van der Waals surface area contributed by atoms with Gasteiger partial charge < -0.3 is 10.6 Å². The summed E-state index contributed by atoms with van der Waals surface area (Å²) in [5, 5.41) is 6.26. The summed E-state index contributed by atoms with van der Waals surface area (Å²) in [5.74, 6) is 2.65. The molecule has 3 heteroatoms. The van der Waals surface area contributed by atoms with Crippen molar-refractivity contribution < 1.29 is 4.79 Å². The Kier molecular flexibility index (Phi) is 3.48. The van der Waals surface area contributed by atoms with Crippen LogP contribution in [0.3, 0.4) is 0 Å². The Morgan fingerprint density at radius 2 is 2.00 bits per heavy atom. The van der Waals surface area contributed by atoms with E-state index in [0.717, 1.165) is 11.8 Å². The van der Waals surface area contributed by atoms with Gasteiger partial charge in [0.15, 0.2) is 0 Å². The summed E-state index contributed by atoms with van der Waals surface area (Å²) in [7, 11) is 1.84. The van der Waals surface area contributed by atoms with Crippen molar-refractivity contribution in [3.8, 4) is 0 Å². The van der Waals surface area contributed by atoms with Crippen LogP contribution in [0.4, 0.5) is 0 Å². The van der Waals surface area contributed by atoms with Crippen LogP contribution in [-0.2, 0) is 4.79 Å². The van der Waals surface area contributed by atoms with E-state index in [4.69, 9.17) is 0 Å². The highest BCUT2D eigenvalue weighted by molar-refractivity contribution is 5.85. The quantitative estimate of drug-likeness (QED) is 0.785. The molecule has 2 N–H and O–H groups in total. The average molecular weight is 238 g/mol. The molecule has 2 aliphatic carbocycles. The maximum Gasteiger partial charge on any atom is 0.239 e. The van der Waals surface area contributed by atoms with Crippen molar-refractivity contribution in [1.82, 2.24) is 10.6 Å². The minimum atomic E-state index is -0.466. The second kappa shape index (κ2) is 4.60. The van der Waals surface area contributed by atoms with Crippen LogP contribution in [0.5, 0.6) is 0 Å². The van der Waals surface area contributed by atoms with Gasteiger partial charge in [-0.05, 0) is 64.8 Å². The zero-order valence-corrected chi connectivity index (χ0v) is 11.5. The predicted octanol–water partition coefficient (Wildman–Crippen LogP) is 1.93. The van der Waals surface area contributed by atoms with Crippen LogP contribution in [0, 0.1) is 17.8 Å². The van der Waals surface area contributed by atoms with Crippen molar-refractivity contribution in [3.63, 3.8) is 0 Å². The highest BCUT2D eigenvalue weighted by atomic mass is 16.2. The molecule has 2 saturated carbocycles. The average Bonchev–Trinajstić information content (AvgIpc) is 2.90. The number of nitrogens with one attached hydrogen (secondary N) is 2. The minimum Gasteiger partial charge on any atom is -0.352 e. The number of fused-ring (bicyclic) bond motifs is 2. The fraction of sp³-hybridized carbons (Fsp3) is 0.929. The maximum absolute atomic E-state index is 12.1. The van der Waals surface area contributed by atoms with E-state index in [1.54, 1.807) is 0 Å². The number of carbonyl (C=O) groups is 1. The molecule has 0 aromatic heterocycles. The molecule has 2 aliphatic rings. The third kappa shape index (κ3) is 2.49. The Bertz CT molecular complexity index is 301. The van der Waals surface area contributed by atoms with E-state index in [1.165, 1.54) is 25.7 Å². The molecule has 3 nitrogen and oxygen atoms in total. The molecule has 98 valence electrons. The number of hydrogen-bond acceptors (Lipinski definition) is 2. The lowest BCUT2D eigenvalue weighted by Gasteiger charge is -2.31. The van der Waals surface area contributed by atoms with Gasteiger partial charge in [0.1, 0.15) is 0 Å². The molecule has 17 heavy (non-hydrogen) atoms. The molecule has 4 atom stereocenters. The molecule has 0 radical (unpaired) electrons. The Hall–Kier alpha value is -0.570. The van der Waals surface area contributed by atoms with Crippen LogP contribution in [0.15, 0.2) is 0 Å². The van der Waals surface area contributed by atoms with Crippen molar-refractivity contribution in [2.75, 3.05) is 7.05 Å². The van der Waals surface area contributed by atoms with E-state index in [9.17, 15) is 4.79 Å². The fourth-order valence-electron chi connectivity index (χ4n) is 3.51. The first-order valence-corrected chi connectivity index (χ1v) is 6.94. The summed E-state index contributed by atoms with van der Waals surface area (Å²) in [6.45, 7) is 6.03. The lowest BCUT2D eigenvalue weighted by atomic mass is 9.83. The molecule has 0 aromatic rings. The zero-order valence-electron chi connectivity index (χ0n) is 11.5. The topological polar surface area (TPSA) is 41.1 Å². The molecule has 0 aliphatic heterocycles. The molecular formula is C14H26N2O. The molecule has 2 fully saturated rings. The Morgan fingerprint density at radius 1 is 1.29 bits per heavy atom. The predicted molar refractivity (Wildman–Crippen MR) is 69.7 cm³/mol. The Morgan fingerprint density at radius 3 is 2.47 bits per heavy atom. The summed E-state index contributed by atoms with van der Waals surface area (Å²) in [4.78, 5) is 12.1. The molecule has 0 heterocycles. The number of carbonyl (C=O) groups excluding carboxylic acids is 1. The second-order valence-corrected chi connectivity index (χ2v) is 6.48. The smallest absolute Gasteiger partial charge is 0.239 e. The van der Waals surface area contributed by atoms with E-state index < -0.39 is 5.54 Å². The van der Waals surface area contributed by atoms with E-state index in [2.05, 4.69) is 17.6 Å². The first-order valence-electron chi connectivity index (χ1n) is 6.94. The van der Waals surface area contributed by atoms with Crippen molar-refractivity contribution in [1.29, 1.82) is 0 Å². The van der Waals surface area contributed by atoms with Gasteiger partial charge in [-0.25, -0.2) is 0 Å². The van der Waals surface area contributed by atoms with E-state index in [0.29, 0.717) is 12.0 Å². The van der Waals surface area contributed by atoms with Crippen LogP contribution < -0.4 is 10.6 Å². The molecular weight excluding hydrogens is 212 g/mol. The largest absolute Gasteiger partial charge is 0.352 e. The molecule has 0 saturated heterocycles. The van der Waals surface area contributed by atoms with Gasteiger partial charge in [-0.1, -0.05) is 6.42 Å². The summed E-state index contributed by atoms with van der Waals surface area (Å²) < 4.78 is 0. The molecule has 0 aromatic carbocycles. The van der Waals surface area contributed by atoms with Crippen LogP contribution in [0.1, 0.15) is 46.5 Å². The number of likely N-dealkylation sites (N-methyl/N-ethyl adjacent to an activating group) is 1. The second-order valence-electron chi connectivity index (χ2n) is 6.48. The minimum absolute atomic E-state index is 0.121. The van der Waals surface area contributed by atoms with Gasteiger partial charge in [0.2, 0.25) is 5.91 Å². The van der Waals surface area contributed by atoms with Crippen molar-refractivity contribution >= 4 is 5.91 Å². The number of hydrogen-bond donors (Lipinski definition) is 2. The van der Waals surface area contributed by atoms with Crippen LogP contribution in [0.25, 0.3) is 0 Å². The standard InChI is InChI=1S/C14H26N2O/c1-9(16-13(17)14(2,3)15-4)12-8-10-5-6-11(12)7-10/h9-12,15H,5-8H2,1-4H3,(H,16,17). The molecule has 2 rings (SSSR count). The van der Waals surface area contributed by atoms with E-state index in [-0.39, 0.29) is 5.91 Å². The lowest BCUT2D eigenvalue weighted by Crippen LogP contribution is -2.54. The number of rotatable bonds is 4. The van der Waals surface area contributed by atoms with Crippen molar-refractivity contribution in [3.05, 3.63) is 0 Å². The third-order valence-corrected chi connectivity index (χ3v) is 4.99. The summed E-state index contributed by atoms with van der Waals surface area (Å²) in [6, 6.07) is 0.324. The van der Waals surface area contributed by atoms with Gasteiger partial charge in [-0.3, -0.25) is 4.79 Å². The fourth-order valence-corrected chi connectivity index (χ4v) is 3.51. The number of amides is 1. The van der Waals surface area contributed by atoms with E-state index >= 15 is 0 Å². The summed E-state index contributed by atoms with van der Waals surface area (Å²) >= 11 is 0. The molecule has 2 bridgehead atoms. The molecule has 1 amide bonds. The first-order chi connectivity index (χ1) is 7.94. The van der Waals surface area contributed by atoms with Gasteiger partial charge >= 0.3 is 0 Å². The van der Waals surface area contributed by atoms with Gasteiger partial charge in [0, 0.05) is 6.04 Å². The van der Waals surface area contributed by atoms with Crippen LogP contribution in [0.2, 0.25) is 0 Å². The highest BCUT2D eigenvalue weighted by Gasteiger charge is 2.42. The zero-order chi connectivity index (χ0) is 12.6. The van der Waals surface area contributed by atoms with Crippen molar-refractivity contribution in [2.24, 2.45) is 17.8 Å². The Balaban J connectivity index is 1.89. The SMILES string of the molecule is CNC(C)(C)C(=O)NC(C)C1CC2CCC1C2. The monoisotopic (exact) mass is 238 g/mol. The normalized spacial score (nSPS) is 33.8. The first kappa shape index (κ1) is 12.9. The lowest BCUT2D eigenvalue weighted by molar-refractivity contribution is -0.127. The Labute approximate surface area is 105 Å². The van der Waals surface area contributed by atoms with E-state index in [1.807, 2.05) is 20.9 Å². The van der Waals surface area contributed by atoms with Gasteiger partial charge in [-0.15, -0.1) is 0 Å².